The fourth-order valence-corrected chi connectivity index (χ4v) is 2.75. The fourth-order valence-electron chi connectivity index (χ4n) is 1.06. The van der Waals surface area contributed by atoms with E-state index in [1.807, 2.05) is 0 Å². The number of ether oxygens (including phenoxy) is 1. The molecule has 0 aromatic rings. The second kappa shape index (κ2) is 9.04. The number of carbonyl (C=O) groups is 1. The maximum atomic E-state index is 10.5. The molecular weight excluding hydrogens is 232 g/mol. The summed E-state index contributed by atoms with van der Waals surface area (Å²) in [6, 6.07) is 0.643. The molecule has 0 fully saturated rings. The van der Waals surface area contributed by atoms with Gasteiger partial charge in [0.05, 0.1) is 6.61 Å². The van der Waals surface area contributed by atoms with Gasteiger partial charge >= 0.3 is 14.8 Å². The highest BCUT2D eigenvalue weighted by atomic mass is 28.4. The molecule has 0 spiro atoms. The Morgan fingerprint density at radius 1 is 1.13 bits per heavy atom. The van der Waals surface area contributed by atoms with E-state index in [0.717, 1.165) is 0 Å². The number of rotatable bonds is 7. The largest absolute Gasteiger partial charge is 0.500 e. The molecule has 92 valence electrons. The number of esters is 1. The Balaban J connectivity index is 0. The van der Waals surface area contributed by atoms with Crippen LogP contribution in [0.15, 0.2) is 0 Å². The molecule has 0 N–H and O–H groups in total. The molecule has 0 unspecified atom stereocenters. The minimum atomic E-state index is -2.48. The van der Waals surface area contributed by atoms with E-state index in [1.54, 1.807) is 21.3 Å². The molecule has 15 heavy (non-hydrogen) atoms. The molecule has 0 aliphatic carbocycles. The lowest BCUT2D eigenvalue weighted by Crippen LogP contribution is -2.42. The first kappa shape index (κ1) is 17.2. The SMILES string of the molecule is CO[Si](CCCOC(C)=O)(OC)OC.[SiH4]. The minimum absolute atomic E-state index is 0. The summed E-state index contributed by atoms with van der Waals surface area (Å²) in [4.78, 5) is 10.5. The van der Waals surface area contributed by atoms with Gasteiger partial charge in [0, 0.05) is 34.3 Å². The summed E-state index contributed by atoms with van der Waals surface area (Å²) in [5.41, 5.74) is 0. The van der Waals surface area contributed by atoms with Crippen LogP contribution in [-0.4, -0.2) is 53.7 Å². The highest BCUT2D eigenvalue weighted by Crippen LogP contribution is 2.14. The lowest BCUT2D eigenvalue weighted by molar-refractivity contribution is -0.141. The first-order valence-corrected chi connectivity index (χ1v) is 6.32. The summed E-state index contributed by atoms with van der Waals surface area (Å²) in [6.45, 7) is 1.76. The van der Waals surface area contributed by atoms with E-state index in [4.69, 9.17) is 18.0 Å². The summed E-state index contributed by atoms with van der Waals surface area (Å²) in [5, 5.41) is 0. The Bertz CT molecular complexity index is 164. The Morgan fingerprint density at radius 3 is 1.93 bits per heavy atom. The fraction of sp³-hybridized carbons (Fsp3) is 0.875. The monoisotopic (exact) mass is 254 g/mol. The smallest absolute Gasteiger partial charge is 0.466 e. The van der Waals surface area contributed by atoms with Gasteiger partial charge in [-0.25, -0.2) is 0 Å². The van der Waals surface area contributed by atoms with Crippen molar-refractivity contribution < 1.29 is 22.8 Å². The first-order valence-electron chi connectivity index (χ1n) is 4.39. The third kappa shape index (κ3) is 6.79. The van der Waals surface area contributed by atoms with E-state index in [2.05, 4.69) is 0 Å². The molecule has 7 heteroatoms. The van der Waals surface area contributed by atoms with E-state index in [1.165, 1.54) is 6.92 Å². The molecule has 0 aromatic carbocycles. The van der Waals surface area contributed by atoms with Crippen LogP contribution in [0, 0.1) is 0 Å². The molecule has 0 atom stereocenters. The van der Waals surface area contributed by atoms with Crippen LogP contribution in [0.2, 0.25) is 6.04 Å². The van der Waals surface area contributed by atoms with Crippen molar-refractivity contribution in [1.29, 1.82) is 0 Å². The van der Waals surface area contributed by atoms with Gasteiger partial charge in [-0.15, -0.1) is 0 Å². The zero-order valence-electron chi connectivity index (χ0n) is 9.16. The van der Waals surface area contributed by atoms with Gasteiger partial charge in [0.1, 0.15) is 0 Å². The molecule has 0 amide bonds. The van der Waals surface area contributed by atoms with E-state index in [-0.39, 0.29) is 16.9 Å². The van der Waals surface area contributed by atoms with Gasteiger partial charge < -0.3 is 18.0 Å². The topological polar surface area (TPSA) is 54.0 Å². The molecule has 0 bridgehead atoms. The van der Waals surface area contributed by atoms with Crippen LogP contribution < -0.4 is 0 Å². The van der Waals surface area contributed by atoms with Crippen LogP contribution >= 0.6 is 0 Å². The molecule has 0 rings (SSSR count). The average Bonchev–Trinajstić information content (AvgIpc) is 2.19. The van der Waals surface area contributed by atoms with Crippen molar-refractivity contribution in [3.8, 4) is 0 Å². The summed E-state index contributed by atoms with van der Waals surface area (Å²) in [7, 11) is 2.20. The van der Waals surface area contributed by atoms with E-state index < -0.39 is 8.80 Å². The number of hydrogen-bond donors (Lipinski definition) is 0. The van der Waals surface area contributed by atoms with Crippen molar-refractivity contribution in [1.82, 2.24) is 0 Å². The molecular formula is C8H22O5Si2. The molecule has 0 radical (unpaired) electrons. The normalized spacial score (nSPS) is 10.7. The van der Waals surface area contributed by atoms with E-state index in [9.17, 15) is 4.79 Å². The van der Waals surface area contributed by atoms with Crippen molar-refractivity contribution >= 4 is 25.7 Å². The lowest BCUT2D eigenvalue weighted by atomic mass is 10.5. The minimum Gasteiger partial charge on any atom is -0.466 e. The van der Waals surface area contributed by atoms with Gasteiger partial charge in [0.2, 0.25) is 0 Å². The molecule has 5 nitrogen and oxygen atoms in total. The van der Waals surface area contributed by atoms with E-state index in [0.29, 0.717) is 19.1 Å². The Hall–Kier alpha value is -0.216. The highest BCUT2D eigenvalue weighted by Gasteiger charge is 2.36. The van der Waals surface area contributed by atoms with Crippen molar-refractivity contribution in [2.45, 2.75) is 19.4 Å². The zero-order chi connectivity index (χ0) is 11.0. The van der Waals surface area contributed by atoms with Gasteiger partial charge in [0.15, 0.2) is 0 Å². The molecule has 0 aliphatic heterocycles. The highest BCUT2D eigenvalue weighted by molar-refractivity contribution is 6.60. The average molecular weight is 254 g/mol. The van der Waals surface area contributed by atoms with Gasteiger partial charge in [-0.1, -0.05) is 0 Å². The van der Waals surface area contributed by atoms with Crippen LogP contribution in [0.5, 0.6) is 0 Å². The Morgan fingerprint density at radius 2 is 1.60 bits per heavy atom. The summed E-state index contributed by atoms with van der Waals surface area (Å²) in [6.07, 6.45) is 0.682. The van der Waals surface area contributed by atoms with Crippen LogP contribution in [0.3, 0.4) is 0 Å². The summed E-state index contributed by atoms with van der Waals surface area (Å²) < 4.78 is 20.4. The van der Waals surface area contributed by atoms with Crippen molar-refractivity contribution in [3.63, 3.8) is 0 Å². The molecule has 0 heterocycles. The van der Waals surface area contributed by atoms with Crippen LogP contribution in [0.1, 0.15) is 13.3 Å². The zero-order valence-corrected chi connectivity index (χ0v) is 10.2. The van der Waals surface area contributed by atoms with Crippen molar-refractivity contribution in [2.75, 3.05) is 27.9 Å². The predicted molar refractivity (Wildman–Crippen MR) is 64.2 cm³/mol. The first-order chi connectivity index (χ1) is 6.60. The third-order valence-corrected chi connectivity index (χ3v) is 4.70. The maximum Gasteiger partial charge on any atom is 0.500 e. The molecule has 0 aromatic heterocycles. The number of carbonyl (C=O) groups excluding carboxylic acids is 1. The quantitative estimate of drug-likeness (QED) is 0.344. The van der Waals surface area contributed by atoms with Gasteiger partial charge in [-0.05, 0) is 17.4 Å². The number of hydrogen-bond acceptors (Lipinski definition) is 5. The summed E-state index contributed by atoms with van der Waals surface area (Å²) in [5.74, 6) is -0.274. The second-order valence-electron chi connectivity index (χ2n) is 2.74. The maximum absolute atomic E-state index is 10.5. The Kier molecular flexibility index (Phi) is 10.4. The standard InChI is InChI=1S/C8H18O5Si.H4Si/c1-8(9)13-6-5-7-14(10-2,11-3)12-4;/h5-7H2,1-4H3;1H4. The van der Waals surface area contributed by atoms with Gasteiger partial charge in [0.25, 0.3) is 0 Å². The third-order valence-electron chi connectivity index (χ3n) is 1.87. The molecule has 0 aliphatic rings. The predicted octanol–water partition coefficient (Wildman–Crippen LogP) is -0.634. The van der Waals surface area contributed by atoms with E-state index >= 15 is 0 Å². The second-order valence-corrected chi connectivity index (χ2v) is 5.83. The van der Waals surface area contributed by atoms with Crippen LogP contribution in [0.25, 0.3) is 0 Å². The van der Waals surface area contributed by atoms with Gasteiger partial charge in [-0.2, -0.15) is 0 Å². The lowest BCUT2D eigenvalue weighted by Gasteiger charge is -2.23. The van der Waals surface area contributed by atoms with Crippen LogP contribution in [0.4, 0.5) is 0 Å². The van der Waals surface area contributed by atoms with Gasteiger partial charge in [-0.3, -0.25) is 4.79 Å². The Labute approximate surface area is 96.4 Å². The van der Waals surface area contributed by atoms with Crippen molar-refractivity contribution in [3.05, 3.63) is 0 Å². The molecule has 0 saturated heterocycles. The molecule has 0 saturated carbocycles. The van der Waals surface area contributed by atoms with Crippen molar-refractivity contribution in [2.24, 2.45) is 0 Å². The summed E-state index contributed by atoms with van der Waals surface area (Å²) >= 11 is 0. The van der Waals surface area contributed by atoms with Crippen LogP contribution in [-0.2, 0) is 22.8 Å².